The smallest absolute Gasteiger partial charge is 0.328 e. The van der Waals surface area contributed by atoms with E-state index in [2.05, 4.69) is 63.2 Å². The van der Waals surface area contributed by atoms with Gasteiger partial charge in [-0.15, -0.1) is 0 Å². The van der Waals surface area contributed by atoms with Gasteiger partial charge in [0.05, 0.1) is 11.5 Å². The predicted octanol–water partition coefficient (Wildman–Crippen LogP) is 6.66. The number of carbonyl (C=O) groups is 1. The summed E-state index contributed by atoms with van der Waals surface area (Å²) in [6, 6.07) is 0. The Hall–Kier alpha value is -1.22. The van der Waals surface area contributed by atoms with Crippen LogP contribution >= 0.6 is 0 Å². The molecule has 2 aliphatic heterocycles. The number of rotatable bonds is 10. The molecule has 272 valence electrons. The monoisotopic (exact) mass is 685 g/mol. The first-order valence-electron chi connectivity index (χ1n) is 19.4. The Labute approximate surface area is 292 Å². The van der Waals surface area contributed by atoms with Crippen LogP contribution in [-0.4, -0.2) is 92.2 Å². The first-order valence-corrected chi connectivity index (χ1v) is 21.2. The van der Waals surface area contributed by atoms with E-state index >= 15 is 0 Å². The first kappa shape index (κ1) is 36.6. The SMILES string of the molecule is C=C(C)[C@@H]1CC[C@]2(CNCCCN3CCS(=O)(=O)CC3)CC[C@]3(C)[C@H](CC[C@@H]4[C@@]5(C)CCN(C/C=C/C(=O)O)C(C)(C)[C@@H]5CC[C@]43C)[C@@H]12. The summed E-state index contributed by atoms with van der Waals surface area (Å²) in [7, 11) is -2.82. The quantitative estimate of drug-likeness (QED) is 0.151. The van der Waals surface area contributed by atoms with E-state index in [0.717, 1.165) is 51.0 Å². The van der Waals surface area contributed by atoms with E-state index in [1.54, 1.807) is 0 Å². The van der Waals surface area contributed by atoms with E-state index in [4.69, 9.17) is 0 Å². The maximum absolute atomic E-state index is 11.8. The van der Waals surface area contributed by atoms with Gasteiger partial charge < -0.3 is 15.3 Å². The predicted molar refractivity (Wildman–Crippen MR) is 196 cm³/mol. The van der Waals surface area contributed by atoms with Crippen LogP contribution in [0.3, 0.4) is 0 Å². The Morgan fingerprint density at radius 1 is 0.917 bits per heavy atom. The third kappa shape index (κ3) is 6.08. The molecule has 4 aliphatic carbocycles. The number of likely N-dealkylation sites (tertiary alicyclic amines) is 1. The number of aliphatic carboxylic acids is 1. The summed E-state index contributed by atoms with van der Waals surface area (Å²) in [6.45, 7) is 26.1. The molecule has 7 nitrogen and oxygen atoms in total. The molecule has 0 aromatic heterocycles. The van der Waals surface area contributed by atoms with Crippen molar-refractivity contribution in [3.8, 4) is 0 Å². The van der Waals surface area contributed by atoms with Gasteiger partial charge in [0.2, 0.25) is 0 Å². The van der Waals surface area contributed by atoms with E-state index in [-0.39, 0.29) is 5.54 Å². The lowest BCUT2D eigenvalue weighted by Crippen LogP contribution is -2.69. The van der Waals surface area contributed by atoms with Gasteiger partial charge in [-0.2, -0.15) is 0 Å². The highest BCUT2D eigenvalue weighted by molar-refractivity contribution is 7.91. The number of carboxylic acid groups (broad SMARTS) is 1. The molecule has 0 aromatic rings. The molecule has 6 aliphatic rings. The summed E-state index contributed by atoms with van der Waals surface area (Å²) >= 11 is 0. The van der Waals surface area contributed by atoms with Crippen molar-refractivity contribution in [2.24, 2.45) is 51.2 Å². The van der Waals surface area contributed by atoms with Crippen LogP contribution < -0.4 is 5.32 Å². The number of fused-ring (bicyclic) bond motifs is 7. The Balaban J connectivity index is 1.17. The highest BCUT2D eigenvalue weighted by atomic mass is 32.2. The number of piperidine rings is 1. The number of allylic oxidation sites excluding steroid dienone is 1. The van der Waals surface area contributed by atoms with Gasteiger partial charge in [-0.1, -0.05) is 39.0 Å². The number of nitrogens with one attached hydrogen (secondary N) is 1. The number of sulfone groups is 1. The zero-order valence-corrected chi connectivity index (χ0v) is 32.0. The second kappa shape index (κ2) is 13.1. The van der Waals surface area contributed by atoms with Crippen molar-refractivity contribution in [3.63, 3.8) is 0 Å². The van der Waals surface area contributed by atoms with Crippen LogP contribution in [0.4, 0.5) is 0 Å². The molecule has 8 heteroatoms. The fourth-order valence-corrected chi connectivity index (χ4v) is 15.0. The number of hydrogen-bond donors (Lipinski definition) is 2. The van der Waals surface area contributed by atoms with Crippen LogP contribution in [0, 0.1) is 51.2 Å². The number of carboxylic acids is 1. The Bertz CT molecular complexity index is 1360. The number of nitrogens with zero attached hydrogens (tertiary/aromatic N) is 2. The second-order valence-electron chi connectivity index (χ2n) is 18.7. The molecule has 2 heterocycles. The average Bonchev–Trinajstić information content (AvgIpc) is 3.39. The summed E-state index contributed by atoms with van der Waals surface area (Å²) in [4.78, 5) is 16.1. The molecule has 0 spiro atoms. The van der Waals surface area contributed by atoms with Crippen LogP contribution in [0.15, 0.2) is 24.3 Å². The van der Waals surface area contributed by atoms with Crippen LogP contribution in [-0.2, 0) is 14.6 Å². The summed E-state index contributed by atoms with van der Waals surface area (Å²) in [6.07, 6.45) is 16.0. The van der Waals surface area contributed by atoms with E-state index < -0.39 is 15.8 Å². The van der Waals surface area contributed by atoms with Crippen LogP contribution in [0.25, 0.3) is 0 Å². The van der Waals surface area contributed by atoms with Crippen molar-refractivity contribution in [1.29, 1.82) is 0 Å². The molecule has 0 aromatic carbocycles. The summed E-state index contributed by atoms with van der Waals surface area (Å²) < 4.78 is 23.7. The molecule has 6 rings (SSSR count). The highest BCUT2D eigenvalue weighted by Gasteiger charge is 2.70. The van der Waals surface area contributed by atoms with Crippen molar-refractivity contribution < 1.29 is 18.3 Å². The largest absolute Gasteiger partial charge is 0.478 e. The minimum absolute atomic E-state index is 0.0461. The molecule has 2 saturated heterocycles. The molecule has 6 fully saturated rings. The summed E-state index contributed by atoms with van der Waals surface area (Å²) in [5.41, 5.74) is 2.76. The van der Waals surface area contributed by atoms with E-state index in [9.17, 15) is 18.3 Å². The van der Waals surface area contributed by atoms with Crippen LogP contribution in [0.5, 0.6) is 0 Å². The second-order valence-corrected chi connectivity index (χ2v) is 21.0. The van der Waals surface area contributed by atoms with Crippen molar-refractivity contribution >= 4 is 15.8 Å². The van der Waals surface area contributed by atoms with Crippen LogP contribution in [0.1, 0.15) is 106 Å². The zero-order chi connectivity index (χ0) is 34.8. The lowest BCUT2D eigenvalue weighted by molar-refractivity contribution is -0.241. The molecular weight excluding hydrogens is 619 g/mol. The van der Waals surface area contributed by atoms with Crippen LogP contribution in [0.2, 0.25) is 0 Å². The van der Waals surface area contributed by atoms with E-state index in [1.165, 1.54) is 69.4 Å². The molecule has 0 radical (unpaired) electrons. The Kier molecular flexibility index (Phi) is 9.96. The van der Waals surface area contributed by atoms with Gasteiger partial charge in [0.1, 0.15) is 0 Å². The van der Waals surface area contributed by atoms with Gasteiger partial charge in [0, 0.05) is 37.8 Å². The molecule has 4 saturated carbocycles. The molecule has 0 bridgehead atoms. The topological polar surface area (TPSA) is 90.0 Å². The van der Waals surface area contributed by atoms with Gasteiger partial charge in [0.25, 0.3) is 0 Å². The fourth-order valence-electron chi connectivity index (χ4n) is 13.7. The van der Waals surface area contributed by atoms with Gasteiger partial charge in [-0.3, -0.25) is 4.90 Å². The van der Waals surface area contributed by atoms with Gasteiger partial charge in [-0.25, -0.2) is 13.2 Å². The third-order valence-corrected chi connectivity index (χ3v) is 18.0. The van der Waals surface area contributed by atoms with Crippen molar-refractivity contribution in [2.45, 2.75) is 111 Å². The lowest BCUT2D eigenvalue weighted by Gasteiger charge is -2.73. The molecule has 2 N–H and O–H groups in total. The Morgan fingerprint density at radius 2 is 1.65 bits per heavy atom. The highest BCUT2D eigenvalue weighted by Crippen LogP contribution is 2.76. The number of hydrogen-bond acceptors (Lipinski definition) is 6. The summed E-state index contributed by atoms with van der Waals surface area (Å²) in [5, 5.41) is 13.2. The van der Waals surface area contributed by atoms with Crippen molar-refractivity contribution in [3.05, 3.63) is 24.3 Å². The van der Waals surface area contributed by atoms with E-state index in [0.29, 0.717) is 64.0 Å². The standard InChI is InChI=1S/C40H67N3O4S/c1-29(2)30-13-16-40(28-41-20-9-21-42-24-26-48(46,47)27-25-42)18-17-38(6)31(35(30)40)11-12-33-37(5)19-23-43(22-8-10-34(44)45)36(3,4)32(37)14-15-39(33,38)7/h8,10,30-33,35,41H,1,9,11-28H2,2-7H3,(H,44,45)/b10-8+/t30-,31+,32-,33+,35+,37-,38+,39+,40+/m0/s1. The van der Waals surface area contributed by atoms with E-state index in [1.807, 2.05) is 6.08 Å². The van der Waals surface area contributed by atoms with Gasteiger partial charge >= 0.3 is 5.97 Å². The normalized spacial score (nSPS) is 44.0. The molecule has 48 heavy (non-hydrogen) atoms. The summed E-state index contributed by atoms with van der Waals surface area (Å²) in [5.74, 6) is 3.18. The maximum Gasteiger partial charge on any atom is 0.328 e. The minimum atomic E-state index is -2.82. The van der Waals surface area contributed by atoms with Crippen molar-refractivity contribution in [2.75, 3.05) is 57.3 Å². The lowest BCUT2D eigenvalue weighted by atomic mass is 9.33. The molecule has 0 amide bonds. The van der Waals surface area contributed by atoms with Gasteiger partial charge in [-0.05, 0) is 156 Å². The minimum Gasteiger partial charge on any atom is -0.478 e. The fraction of sp³-hybridized carbons (Fsp3) is 0.875. The first-order chi connectivity index (χ1) is 22.5. The average molecular weight is 686 g/mol. The van der Waals surface area contributed by atoms with Crippen molar-refractivity contribution in [1.82, 2.24) is 15.1 Å². The Morgan fingerprint density at radius 3 is 2.33 bits per heavy atom. The molecule has 9 atom stereocenters. The zero-order valence-electron chi connectivity index (χ0n) is 31.2. The maximum atomic E-state index is 11.8. The molecule has 0 unspecified atom stereocenters. The third-order valence-electron chi connectivity index (χ3n) is 16.4. The molecular formula is C40H67N3O4S. The van der Waals surface area contributed by atoms with Gasteiger partial charge in [0.15, 0.2) is 9.84 Å².